The van der Waals surface area contributed by atoms with Crippen LogP contribution in [0.1, 0.15) is 53.9 Å². The lowest BCUT2D eigenvalue weighted by molar-refractivity contribution is -0.0155. The van der Waals surface area contributed by atoms with Gasteiger partial charge in [-0.05, 0) is 42.4 Å². The van der Waals surface area contributed by atoms with Crippen LogP contribution in [0.4, 0.5) is 0 Å². The molecule has 1 rings (SSSR count). The lowest BCUT2D eigenvalue weighted by Gasteiger charge is -2.41. The lowest BCUT2D eigenvalue weighted by atomic mass is 9.66. The molecule has 0 aliphatic heterocycles. The Hall–Kier alpha value is -0.0400. The average molecular weight is 198 g/mol. The quantitative estimate of drug-likeness (QED) is 0.720. The van der Waals surface area contributed by atoms with Crippen molar-refractivity contribution < 1.29 is 5.11 Å². The normalized spacial score (nSPS) is 34.5. The SMILES string of the molecule is CC(C)C(C)C1CCC(C)(C)CC1O. The summed E-state index contributed by atoms with van der Waals surface area (Å²) in [4.78, 5) is 0. The zero-order chi connectivity index (χ0) is 10.9. The zero-order valence-electron chi connectivity index (χ0n) is 10.4. The van der Waals surface area contributed by atoms with Crippen molar-refractivity contribution in [2.24, 2.45) is 23.2 Å². The molecule has 84 valence electrons. The third-order valence-corrected chi connectivity index (χ3v) is 4.14. The fourth-order valence-corrected chi connectivity index (χ4v) is 2.68. The number of hydrogen-bond donors (Lipinski definition) is 1. The van der Waals surface area contributed by atoms with Gasteiger partial charge in [-0.25, -0.2) is 0 Å². The summed E-state index contributed by atoms with van der Waals surface area (Å²) in [6, 6.07) is 0. The van der Waals surface area contributed by atoms with E-state index in [1.54, 1.807) is 0 Å². The van der Waals surface area contributed by atoms with E-state index in [2.05, 4.69) is 34.6 Å². The van der Waals surface area contributed by atoms with Gasteiger partial charge in [-0.2, -0.15) is 0 Å². The molecular weight excluding hydrogens is 172 g/mol. The maximum atomic E-state index is 10.1. The topological polar surface area (TPSA) is 20.2 Å². The Labute approximate surface area is 88.9 Å². The average Bonchev–Trinajstić information content (AvgIpc) is 2.01. The Balaban J connectivity index is 2.58. The number of rotatable bonds is 2. The molecule has 0 amide bonds. The maximum absolute atomic E-state index is 10.1. The molecule has 0 aromatic rings. The van der Waals surface area contributed by atoms with Crippen molar-refractivity contribution >= 4 is 0 Å². The van der Waals surface area contributed by atoms with Crippen LogP contribution in [0.3, 0.4) is 0 Å². The van der Waals surface area contributed by atoms with Gasteiger partial charge < -0.3 is 5.11 Å². The Morgan fingerprint density at radius 1 is 1.21 bits per heavy atom. The Morgan fingerprint density at radius 2 is 1.79 bits per heavy atom. The number of hydrogen-bond acceptors (Lipinski definition) is 1. The van der Waals surface area contributed by atoms with E-state index in [4.69, 9.17) is 0 Å². The molecule has 3 atom stereocenters. The van der Waals surface area contributed by atoms with E-state index in [0.717, 1.165) is 6.42 Å². The summed E-state index contributed by atoms with van der Waals surface area (Å²) in [6.07, 6.45) is 3.38. The maximum Gasteiger partial charge on any atom is 0.0576 e. The van der Waals surface area contributed by atoms with Crippen molar-refractivity contribution in [2.45, 2.75) is 60.0 Å². The standard InChI is InChI=1S/C13H26O/c1-9(2)10(3)11-6-7-13(4,5)8-12(11)14/h9-12,14H,6-8H2,1-5H3. The van der Waals surface area contributed by atoms with E-state index in [1.807, 2.05) is 0 Å². The molecule has 1 nitrogen and oxygen atoms in total. The highest BCUT2D eigenvalue weighted by molar-refractivity contribution is 4.87. The van der Waals surface area contributed by atoms with Crippen LogP contribution in [0.15, 0.2) is 0 Å². The predicted octanol–water partition coefficient (Wildman–Crippen LogP) is 3.47. The summed E-state index contributed by atoms with van der Waals surface area (Å²) in [5, 5.41) is 10.1. The second-order valence-corrected chi connectivity index (χ2v) is 6.24. The Kier molecular flexibility index (Phi) is 3.63. The van der Waals surface area contributed by atoms with Crippen LogP contribution in [0.5, 0.6) is 0 Å². The van der Waals surface area contributed by atoms with Crippen molar-refractivity contribution in [1.82, 2.24) is 0 Å². The molecule has 1 fully saturated rings. The molecule has 1 aliphatic rings. The summed E-state index contributed by atoms with van der Waals surface area (Å²) in [5.41, 5.74) is 0.354. The lowest BCUT2D eigenvalue weighted by Crippen LogP contribution is -2.38. The monoisotopic (exact) mass is 198 g/mol. The van der Waals surface area contributed by atoms with Gasteiger partial charge in [-0.15, -0.1) is 0 Å². The van der Waals surface area contributed by atoms with Crippen LogP contribution in [0.2, 0.25) is 0 Å². The summed E-state index contributed by atoms with van der Waals surface area (Å²) in [7, 11) is 0. The third-order valence-electron chi connectivity index (χ3n) is 4.14. The highest BCUT2D eigenvalue weighted by Gasteiger charge is 2.36. The van der Waals surface area contributed by atoms with Gasteiger partial charge in [0, 0.05) is 0 Å². The van der Waals surface area contributed by atoms with E-state index in [-0.39, 0.29) is 6.10 Å². The Bertz CT molecular complexity index is 184. The first-order chi connectivity index (χ1) is 6.33. The van der Waals surface area contributed by atoms with E-state index < -0.39 is 0 Å². The molecule has 0 aromatic carbocycles. The minimum absolute atomic E-state index is 0.0730. The van der Waals surface area contributed by atoms with Gasteiger partial charge in [0.2, 0.25) is 0 Å². The van der Waals surface area contributed by atoms with Gasteiger partial charge in [0.05, 0.1) is 6.10 Å². The second kappa shape index (κ2) is 4.22. The van der Waals surface area contributed by atoms with Crippen LogP contribution in [0, 0.1) is 23.2 Å². The molecule has 0 heterocycles. The zero-order valence-corrected chi connectivity index (χ0v) is 10.4. The summed E-state index contributed by atoms with van der Waals surface area (Å²) < 4.78 is 0. The van der Waals surface area contributed by atoms with Crippen molar-refractivity contribution in [3.05, 3.63) is 0 Å². The molecule has 3 unspecified atom stereocenters. The molecular formula is C13H26O. The summed E-state index contributed by atoms with van der Waals surface area (Å²) >= 11 is 0. The first-order valence-corrected chi connectivity index (χ1v) is 6.01. The second-order valence-electron chi connectivity index (χ2n) is 6.24. The van der Waals surface area contributed by atoms with E-state index in [0.29, 0.717) is 23.2 Å². The molecule has 1 N–H and O–H groups in total. The third kappa shape index (κ3) is 2.73. The van der Waals surface area contributed by atoms with Crippen LogP contribution < -0.4 is 0 Å². The Morgan fingerprint density at radius 3 is 2.21 bits per heavy atom. The van der Waals surface area contributed by atoms with Gasteiger partial charge in [0.15, 0.2) is 0 Å². The summed E-state index contributed by atoms with van der Waals surface area (Å²) in [6.45, 7) is 11.4. The van der Waals surface area contributed by atoms with Gasteiger partial charge >= 0.3 is 0 Å². The minimum atomic E-state index is -0.0730. The summed E-state index contributed by atoms with van der Waals surface area (Å²) in [5.74, 6) is 1.87. The van der Waals surface area contributed by atoms with Crippen molar-refractivity contribution in [3.63, 3.8) is 0 Å². The molecule has 0 radical (unpaired) electrons. The molecule has 0 saturated heterocycles. The molecule has 1 heteroatoms. The fourth-order valence-electron chi connectivity index (χ4n) is 2.68. The molecule has 1 saturated carbocycles. The van der Waals surface area contributed by atoms with Crippen molar-refractivity contribution in [2.75, 3.05) is 0 Å². The molecule has 0 bridgehead atoms. The van der Waals surface area contributed by atoms with Crippen molar-refractivity contribution in [1.29, 1.82) is 0 Å². The fraction of sp³-hybridized carbons (Fsp3) is 1.00. The van der Waals surface area contributed by atoms with Crippen LogP contribution in [0.25, 0.3) is 0 Å². The van der Waals surface area contributed by atoms with Gasteiger partial charge in [-0.1, -0.05) is 34.6 Å². The van der Waals surface area contributed by atoms with Gasteiger partial charge in [0.25, 0.3) is 0 Å². The molecule has 1 aliphatic carbocycles. The number of aliphatic hydroxyl groups is 1. The highest BCUT2D eigenvalue weighted by atomic mass is 16.3. The van der Waals surface area contributed by atoms with E-state index in [9.17, 15) is 5.11 Å². The molecule has 14 heavy (non-hydrogen) atoms. The first-order valence-electron chi connectivity index (χ1n) is 6.01. The smallest absolute Gasteiger partial charge is 0.0576 e. The molecule has 0 spiro atoms. The number of aliphatic hydroxyl groups excluding tert-OH is 1. The van der Waals surface area contributed by atoms with Crippen LogP contribution >= 0.6 is 0 Å². The van der Waals surface area contributed by atoms with E-state index in [1.165, 1.54) is 12.8 Å². The van der Waals surface area contributed by atoms with Gasteiger partial charge in [-0.3, -0.25) is 0 Å². The van der Waals surface area contributed by atoms with Crippen LogP contribution in [-0.4, -0.2) is 11.2 Å². The van der Waals surface area contributed by atoms with Crippen LogP contribution in [-0.2, 0) is 0 Å². The largest absolute Gasteiger partial charge is 0.393 e. The first kappa shape index (κ1) is 12.0. The van der Waals surface area contributed by atoms with Crippen molar-refractivity contribution in [3.8, 4) is 0 Å². The molecule has 0 aromatic heterocycles. The van der Waals surface area contributed by atoms with Gasteiger partial charge in [0.1, 0.15) is 0 Å². The minimum Gasteiger partial charge on any atom is -0.393 e. The highest BCUT2D eigenvalue weighted by Crippen LogP contribution is 2.42. The predicted molar refractivity (Wildman–Crippen MR) is 61.1 cm³/mol. The van der Waals surface area contributed by atoms with E-state index >= 15 is 0 Å².